The Labute approximate surface area is 173 Å². The SMILES string of the molecule is Cc1c(C)c2cc(Cl)c3c(c2oc1=O)CN(c1cc(C(F)(F)F)ccc1Cl)CO3. The van der Waals surface area contributed by atoms with Crippen molar-refractivity contribution in [2.75, 3.05) is 11.6 Å². The van der Waals surface area contributed by atoms with Gasteiger partial charge in [-0.2, -0.15) is 13.2 Å². The van der Waals surface area contributed by atoms with Gasteiger partial charge < -0.3 is 14.1 Å². The molecule has 1 aromatic heterocycles. The molecule has 0 saturated carbocycles. The van der Waals surface area contributed by atoms with Crippen LogP contribution in [0.1, 0.15) is 22.3 Å². The lowest BCUT2D eigenvalue weighted by Gasteiger charge is -2.32. The van der Waals surface area contributed by atoms with Crippen LogP contribution in [0, 0.1) is 13.8 Å². The maximum Gasteiger partial charge on any atom is 0.416 e. The van der Waals surface area contributed by atoms with Gasteiger partial charge >= 0.3 is 11.8 Å². The zero-order chi connectivity index (χ0) is 21.1. The van der Waals surface area contributed by atoms with Gasteiger partial charge in [-0.15, -0.1) is 0 Å². The van der Waals surface area contributed by atoms with Crippen LogP contribution in [-0.4, -0.2) is 6.73 Å². The molecule has 4 nitrogen and oxygen atoms in total. The van der Waals surface area contributed by atoms with Crippen LogP contribution in [-0.2, 0) is 12.7 Å². The van der Waals surface area contributed by atoms with Crippen LogP contribution in [0.15, 0.2) is 33.5 Å². The van der Waals surface area contributed by atoms with Crippen molar-refractivity contribution < 1.29 is 22.3 Å². The molecule has 4 rings (SSSR count). The quantitative estimate of drug-likeness (QED) is 0.426. The van der Waals surface area contributed by atoms with E-state index < -0.39 is 17.4 Å². The highest BCUT2D eigenvalue weighted by Gasteiger charge is 2.33. The molecule has 0 saturated heterocycles. The Balaban J connectivity index is 1.87. The first-order valence-corrected chi connectivity index (χ1v) is 9.33. The number of hydrogen-bond acceptors (Lipinski definition) is 4. The van der Waals surface area contributed by atoms with Crippen molar-refractivity contribution in [2.45, 2.75) is 26.6 Å². The molecule has 0 bridgehead atoms. The van der Waals surface area contributed by atoms with Crippen molar-refractivity contribution in [3.63, 3.8) is 0 Å². The number of hydrogen-bond donors (Lipinski definition) is 0. The number of nitrogens with zero attached hydrogens (tertiary/aromatic N) is 1. The molecule has 152 valence electrons. The summed E-state index contributed by atoms with van der Waals surface area (Å²) in [7, 11) is 0. The van der Waals surface area contributed by atoms with Crippen molar-refractivity contribution in [1.82, 2.24) is 0 Å². The summed E-state index contributed by atoms with van der Waals surface area (Å²) < 4.78 is 50.6. The molecular formula is C20H14Cl2F3NO3. The van der Waals surface area contributed by atoms with E-state index in [9.17, 15) is 18.0 Å². The minimum Gasteiger partial charge on any atom is -0.471 e. The minimum absolute atomic E-state index is 0.0612. The van der Waals surface area contributed by atoms with Gasteiger partial charge in [-0.3, -0.25) is 0 Å². The number of alkyl halides is 3. The Kier molecular flexibility index (Phi) is 4.70. The number of fused-ring (bicyclic) bond motifs is 3. The van der Waals surface area contributed by atoms with Gasteiger partial charge in [-0.05, 0) is 43.7 Å². The third kappa shape index (κ3) is 3.32. The minimum atomic E-state index is -4.51. The molecule has 2 aromatic carbocycles. The first-order chi connectivity index (χ1) is 13.6. The van der Waals surface area contributed by atoms with Crippen LogP contribution in [0.2, 0.25) is 10.0 Å². The Bertz CT molecular complexity index is 1200. The lowest BCUT2D eigenvalue weighted by Crippen LogP contribution is -2.32. The van der Waals surface area contributed by atoms with Crippen molar-refractivity contribution in [3.05, 3.63) is 67.0 Å². The van der Waals surface area contributed by atoms with Crippen molar-refractivity contribution >= 4 is 39.9 Å². The van der Waals surface area contributed by atoms with Gasteiger partial charge in [0.25, 0.3) is 0 Å². The molecule has 2 heterocycles. The molecule has 3 aromatic rings. The summed E-state index contributed by atoms with van der Waals surface area (Å²) in [6.45, 7) is 3.48. The molecule has 1 aliphatic heterocycles. The van der Waals surface area contributed by atoms with Crippen LogP contribution < -0.4 is 15.3 Å². The first-order valence-electron chi connectivity index (χ1n) is 8.58. The maximum absolute atomic E-state index is 13.1. The fourth-order valence-corrected chi connectivity index (χ4v) is 3.87. The van der Waals surface area contributed by atoms with E-state index in [2.05, 4.69) is 0 Å². The van der Waals surface area contributed by atoms with Gasteiger partial charge in [-0.25, -0.2) is 4.79 Å². The summed E-state index contributed by atoms with van der Waals surface area (Å²) >= 11 is 12.5. The second-order valence-electron chi connectivity index (χ2n) is 6.82. The topological polar surface area (TPSA) is 42.7 Å². The van der Waals surface area contributed by atoms with E-state index in [1.165, 1.54) is 11.0 Å². The van der Waals surface area contributed by atoms with Gasteiger partial charge in [0.1, 0.15) is 11.3 Å². The number of ether oxygens (including phenoxy) is 1. The van der Waals surface area contributed by atoms with Crippen LogP contribution in [0.5, 0.6) is 5.75 Å². The number of benzene rings is 2. The van der Waals surface area contributed by atoms with Crippen LogP contribution >= 0.6 is 23.2 Å². The van der Waals surface area contributed by atoms with E-state index in [0.29, 0.717) is 32.9 Å². The molecule has 0 unspecified atom stereocenters. The lowest BCUT2D eigenvalue weighted by molar-refractivity contribution is -0.137. The predicted molar refractivity (Wildman–Crippen MR) is 105 cm³/mol. The number of anilines is 1. The molecule has 1 aliphatic rings. The second kappa shape index (κ2) is 6.85. The highest BCUT2D eigenvalue weighted by atomic mass is 35.5. The first kappa shape index (κ1) is 19.9. The van der Waals surface area contributed by atoms with Crippen LogP contribution in [0.3, 0.4) is 0 Å². The molecule has 0 amide bonds. The van der Waals surface area contributed by atoms with Gasteiger partial charge in [-0.1, -0.05) is 23.2 Å². The Morgan fingerprint density at radius 3 is 2.48 bits per heavy atom. The van der Waals surface area contributed by atoms with E-state index >= 15 is 0 Å². The summed E-state index contributed by atoms with van der Waals surface area (Å²) in [6, 6.07) is 4.74. The maximum atomic E-state index is 13.1. The van der Waals surface area contributed by atoms with Gasteiger partial charge in [0, 0.05) is 10.9 Å². The summed E-state index contributed by atoms with van der Waals surface area (Å²) in [5.41, 5.74) is 0.799. The fraction of sp³-hybridized carbons (Fsp3) is 0.250. The van der Waals surface area contributed by atoms with Crippen molar-refractivity contribution in [1.29, 1.82) is 0 Å². The number of rotatable bonds is 1. The van der Waals surface area contributed by atoms with Gasteiger partial charge in [0.15, 0.2) is 6.73 Å². The molecule has 0 spiro atoms. The monoisotopic (exact) mass is 443 g/mol. The van der Waals surface area contributed by atoms with Crippen LogP contribution in [0.4, 0.5) is 18.9 Å². The summed E-state index contributed by atoms with van der Waals surface area (Å²) in [6.07, 6.45) is -4.51. The zero-order valence-corrected chi connectivity index (χ0v) is 16.8. The van der Waals surface area contributed by atoms with E-state index in [-0.39, 0.29) is 24.0 Å². The highest BCUT2D eigenvalue weighted by molar-refractivity contribution is 6.33. The second-order valence-corrected chi connectivity index (χ2v) is 7.63. The van der Waals surface area contributed by atoms with E-state index in [0.717, 1.165) is 17.7 Å². The fourth-order valence-electron chi connectivity index (χ4n) is 3.35. The largest absolute Gasteiger partial charge is 0.471 e. The van der Waals surface area contributed by atoms with E-state index in [1.807, 2.05) is 0 Å². The van der Waals surface area contributed by atoms with Gasteiger partial charge in [0.2, 0.25) is 0 Å². The standard InChI is InChI=1S/C20H14Cl2F3NO3/c1-9-10(2)19(27)29-17-12(9)6-15(22)18-13(17)7-26(8-28-18)16-5-11(20(23,24)25)3-4-14(16)21/h3-6H,7-8H2,1-2H3. The van der Waals surface area contributed by atoms with Crippen molar-refractivity contribution in [2.24, 2.45) is 0 Å². The average Bonchev–Trinajstić information content (AvgIpc) is 2.66. The number of halogens is 5. The number of aryl methyl sites for hydroxylation is 1. The average molecular weight is 444 g/mol. The predicted octanol–water partition coefficient (Wildman–Crippen LogP) is 6.09. The Hall–Kier alpha value is -2.38. The smallest absolute Gasteiger partial charge is 0.416 e. The third-order valence-corrected chi connectivity index (χ3v) is 5.68. The summed E-state index contributed by atoms with van der Waals surface area (Å²) in [5.74, 6) is 0.338. The lowest BCUT2D eigenvalue weighted by atomic mass is 10.0. The summed E-state index contributed by atoms with van der Waals surface area (Å²) in [4.78, 5) is 13.7. The zero-order valence-electron chi connectivity index (χ0n) is 15.3. The molecular weight excluding hydrogens is 430 g/mol. The van der Waals surface area contributed by atoms with E-state index in [1.54, 1.807) is 19.9 Å². The Morgan fingerprint density at radius 1 is 1.07 bits per heavy atom. The van der Waals surface area contributed by atoms with Crippen molar-refractivity contribution in [3.8, 4) is 5.75 Å². The van der Waals surface area contributed by atoms with E-state index in [4.69, 9.17) is 32.4 Å². The molecule has 0 aliphatic carbocycles. The summed E-state index contributed by atoms with van der Waals surface area (Å²) in [5, 5.41) is 1.12. The third-order valence-electron chi connectivity index (χ3n) is 5.08. The molecule has 0 N–H and O–H groups in total. The van der Waals surface area contributed by atoms with Gasteiger partial charge in [0.05, 0.1) is 33.4 Å². The molecule has 9 heteroatoms. The molecule has 0 radical (unpaired) electrons. The van der Waals surface area contributed by atoms with Crippen LogP contribution in [0.25, 0.3) is 11.0 Å². The molecule has 0 atom stereocenters. The molecule has 0 fully saturated rings. The normalized spacial score (nSPS) is 14.1. The molecule has 29 heavy (non-hydrogen) atoms. The highest BCUT2D eigenvalue weighted by Crippen LogP contribution is 2.42. The Morgan fingerprint density at radius 2 is 1.79 bits per heavy atom.